The summed E-state index contributed by atoms with van der Waals surface area (Å²) in [4.78, 5) is 50.5. The van der Waals surface area contributed by atoms with Crippen molar-refractivity contribution in [2.24, 2.45) is 35.0 Å². The van der Waals surface area contributed by atoms with Gasteiger partial charge in [-0.15, -0.1) is 0 Å². The van der Waals surface area contributed by atoms with Crippen LogP contribution >= 0.6 is 0 Å². The summed E-state index contributed by atoms with van der Waals surface area (Å²) < 4.78 is 0. The fourth-order valence-electron chi connectivity index (χ4n) is 3.62. The van der Waals surface area contributed by atoms with Crippen molar-refractivity contribution in [3.63, 3.8) is 0 Å². The fraction of sp³-hybridized carbons (Fsp3) is 0.833. The molecule has 0 heterocycles. The molecule has 0 aromatic rings. The van der Waals surface area contributed by atoms with Crippen LogP contribution in [0.2, 0.25) is 0 Å². The predicted molar refractivity (Wildman–Crippen MR) is 134 cm³/mol. The van der Waals surface area contributed by atoms with Gasteiger partial charge in [-0.05, 0) is 62.8 Å². The molecule has 0 saturated carbocycles. The molecule has 0 aromatic carbocycles. The van der Waals surface area contributed by atoms with E-state index in [2.05, 4.69) is 16.0 Å². The van der Waals surface area contributed by atoms with Crippen molar-refractivity contribution in [3.05, 3.63) is 0 Å². The minimum atomic E-state index is -0.875. The van der Waals surface area contributed by atoms with Crippen LogP contribution in [0, 0.1) is 17.8 Å². The molecule has 4 amide bonds. The Kier molecular flexibility index (Phi) is 15.4. The zero-order valence-electron chi connectivity index (χ0n) is 21.9. The van der Waals surface area contributed by atoms with E-state index in [1.54, 1.807) is 0 Å². The van der Waals surface area contributed by atoms with Crippen molar-refractivity contribution in [3.8, 4) is 0 Å². The second-order valence-corrected chi connectivity index (χ2v) is 10.4. The molecule has 0 aliphatic rings. The third-order valence-corrected chi connectivity index (χ3v) is 5.35. The van der Waals surface area contributed by atoms with Crippen molar-refractivity contribution >= 4 is 23.6 Å². The summed E-state index contributed by atoms with van der Waals surface area (Å²) in [6.07, 6.45) is 2.95. The first-order chi connectivity index (χ1) is 15.8. The number of primary amides is 1. The molecule has 0 rings (SSSR count). The largest absolute Gasteiger partial charge is 0.368 e. The molecule has 0 radical (unpaired) electrons. The van der Waals surface area contributed by atoms with Crippen molar-refractivity contribution in [1.82, 2.24) is 16.0 Å². The normalized spacial score (nSPS) is 15.0. The second kappa shape index (κ2) is 16.4. The smallest absolute Gasteiger partial charge is 0.243 e. The van der Waals surface area contributed by atoms with Gasteiger partial charge in [0, 0.05) is 0 Å². The number of nitrogens with two attached hydrogens (primary N) is 3. The first-order valence-corrected chi connectivity index (χ1v) is 12.4. The van der Waals surface area contributed by atoms with E-state index in [1.807, 2.05) is 41.5 Å². The molecule has 0 aliphatic heterocycles. The maximum absolute atomic E-state index is 13.1. The summed E-state index contributed by atoms with van der Waals surface area (Å²) in [5.74, 6) is -1.50. The Bertz CT molecular complexity index is 653. The molecule has 0 bridgehead atoms. The maximum atomic E-state index is 13.1. The number of amides is 4. The number of carbonyl (C=O) groups is 4. The van der Waals surface area contributed by atoms with Gasteiger partial charge in [0.15, 0.2) is 0 Å². The third-order valence-electron chi connectivity index (χ3n) is 5.35. The van der Waals surface area contributed by atoms with Gasteiger partial charge in [0.25, 0.3) is 0 Å². The molecule has 0 spiro atoms. The molecule has 34 heavy (non-hydrogen) atoms. The summed E-state index contributed by atoms with van der Waals surface area (Å²) in [6, 6.07) is -3.28. The zero-order valence-corrected chi connectivity index (χ0v) is 21.9. The van der Waals surface area contributed by atoms with Crippen LogP contribution in [0.3, 0.4) is 0 Å². The van der Waals surface area contributed by atoms with Gasteiger partial charge in [-0.1, -0.05) is 41.5 Å². The second-order valence-electron chi connectivity index (χ2n) is 10.4. The molecule has 10 heteroatoms. The SMILES string of the molecule is CC(C)C[C@H](NC(=O)[C@H](CC(C)C)NC(=O)[C@H](CCCCN)NC(=O)[C@@H](N)CC(C)C)C(N)=O. The third kappa shape index (κ3) is 13.5. The van der Waals surface area contributed by atoms with Crippen LogP contribution < -0.4 is 33.2 Å². The van der Waals surface area contributed by atoms with E-state index in [0.29, 0.717) is 45.1 Å². The lowest BCUT2D eigenvalue weighted by atomic mass is 9.99. The molecule has 0 aromatic heterocycles. The lowest BCUT2D eigenvalue weighted by Gasteiger charge is -2.27. The highest BCUT2D eigenvalue weighted by Crippen LogP contribution is 2.10. The van der Waals surface area contributed by atoms with Crippen LogP contribution in [0.5, 0.6) is 0 Å². The Hall–Kier alpha value is -2.20. The molecular weight excluding hydrogens is 436 g/mol. The number of carbonyl (C=O) groups excluding carboxylic acids is 4. The topological polar surface area (TPSA) is 182 Å². The summed E-state index contributed by atoms with van der Waals surface area (Å²) in [6.45, 7) is 12.1. The first-order valence-electron chi connectivity index (χ1n) is 12.4. The van der Waals surface area contributed by atoms with E-state index in [1.165, 1.54) is 0 Å². The van der Waals surface area contributed by atoms with Gasteiger partial charge in [-0.3, -0.25) is 19.2 Å². The number of hydrogen-bond donors (Lipinski definition) is 6. The van der Waals surface area contributed by atoms with E-state index in [-0.39, 0.29) is 17.8 Å². The lowest BCUT2D eigenvalue weighted by Crippen LogP contribution is -2.57. The molecule has 9 N–H and O–H groups in total. The molecule has 10 nitrogen and oxygen atoms in total. The Morgan fingerprint density at radius 2 is 1.09 bits per heavy atom. The van der Waals surface area contributed by atoms with Crippen molar-refractivity contribution in [1.29, 1.82) is 0 Å². The van der Waals surface area contributed by atoms with Crippen LogP contribution in [-0.2, 0) is 19.2 Å². The molecule has 198 valence electrons. The van der Waals surface area contributed by atoms with Crippen LogP contribution in [0.25, 0.3) is 0 Å². The van der Waals surface area contributed by atoms with Crippen molar-refractivity contribution < 1.29 is 19.2 Å². The molecule has 0 aliphatic carbocycles. The van der Waals surface area contributed by atoms with E-state index in [9.17, 15) is 19.2 Å². The monoisotopic (exact) mass is 484 g/mol. The van der Waals surface area contributed by atoms with Crippen LogP contribution in [0.4, 0.5) is 0 Å². The summed E-state index contributed by atoms with van der Waals surface area (Å²) in [5, 5.41) is 8.19. The standard InChI is InChI=1S/C24H48N6O4/c1-14(2)11-17(26)22(32)28-18(9-7-8-10-25)23(33)30-20(13-16(5)6)24(34)29-19(21(27)31)12-15(3)4/h14-20H,7-13,25-26H2,1-6H3,(H2,27,31)(H,28,32)(H,29,34)(H,30,33)/t17-,18-,19-,20-/m0/s1. The van der Waals surface area contributed by atoms with Gasteiger partial charge < -0.3 is 33.2 Å². The van der Waals surface area contributed by atoms with Gasteiger partial charge in [-0.2, -0.15) is 0 Å². The lowest BCUT2D eigenvalue weighted by molar-refractivity contribution is -0.134. The van der Waals surface area contributed by atoms with E-state index >= 15 is 0 Å². The predicted octanol–water partition coefficient (Wildman–Crippen LogP) is 0.521. The van der Waals surface area contributed by atoms with Crippen molar-refractivity contribution in [2.45, 2.75) is 104 Å². The first kappa shape index (κ1) is 31.8. The molecule has 4 atom stereocenters. The number of nitrogens with one attached hydrogen (secondary N) is 3. The summed E-state index contributed by atoms with van der Waals surface area (Å²) in [5.41, 5.74) is 17.0. The van der Waals surface area contributed by atoms with Gasteiger partial charge in [-0.25, -0.2) is 0 Å². The highest BCUT2D eigenvalue weighted by atomic mass is 16.2. The van der Waals surface area contributed by atoms with E-state index in [0.717, 1.165) is 0 Å². The Morgan fingerprint density at radius 1 is 0.647 bits per heavy atom. The molecule has 0 unspecified atom stereocenters. The van der Waals surface area contributed by atoms with Crippen LogP contribution in [-0.4, -0.2) is 54.3 Å². The van der Waals surface area contributed by atoms with Crippen LogP contribution in [0.1, 0.15) is 80.1 Å². The average Bonchev–Trinajstić information content (AvgIpc) is 2.70. The number of hydrogen-bond acceptors (Lipinski definition) is 6. The zero-order chi connectivity index (χ0) is 26.4. The molecular formula is C24H48N6O4. The van der Waals surface area contributed by atoms with Gasteiger partial charge in [0.2, 0.25) is 23.6 Å². The van der Waals surface area contributed by atoms with Gasteiger partial charge in [0.1, 0.15) is 18.1 Å². The maximum Gasteiger partial charge on any atom is 0.243 e. The van der Waals surface area contributed by atoms with Gasteiger partial charge >= 0.3 is 0 Å². The van der Waals surface area contributed by atoms with E-state index < -0.39 is 47.8 Å². The van der Waals surface area contributed by atoms with Crippen molar-refractivity contribution in [2.75, 3.05) is 6.54 Å². The van der Waals surface area contributed by atoms with Gasteiger partial charge in [0.05, 0.1) is 6.04 Å². The highest BCUT2D eigenvalue weighted by molar-refractivity contribution is 5.94. The summed E-state index contributed by atoms with van der Waals surface area (Å²) >= 11 is 0. The highest BCUT2D eigenvalue weighted by Gasteiger charge is 2.30. The molecule has 0 fully saturated rings. The minimum Gasteiger partial charge on any atom is -0.368 e. The Labute approximate surface area is 204 Å². The van der Waals surface area contributed by atoms with E-state index in [4.69, 9.17) is 17.2 Å². The Balaban J connectivity index is 5.50. The van der Waals surface area contributed by atoms with Crippen LogP contribution in [0.15, 0.2) is 0 Å². The minimum absolute atomic E-state index is 0.0953. The number of unbranched alkanes of at least 4 members (excludes halogenated alkanes) is 1. The fourth-order valence-corrected chi connectivity index (χ4v) is 3.62. The average molecular weight is 485 g/mol. The Morgan fingerprint density at radius 3 is 1.56 bits per heavy atom. The molecule has 0 saturated heterocycles. The summed E-state index contributed by atoms with van der Waals surface area (Å²) in [7, 11) is 0. The number of rotatable bonds is 17. The quantitative estimate of drug-likeness (QED) is 0.164.